The molecule has 3 nitrogen and oxygen atoms in total. The van der Waals surface area contributed by atoms with Crippen molar-refractivity contribution in [1.29, 1.82) is 0 Å². The quantitative estimate of drug-likeness (QED) is 0.808. The molecule has 2 rings (SSSR count). The van der Waals surface area contributed by atoms with Crippen LogP contribution in [-0.4, -0.2) is 31.3 Å². The van der Waals surface area contributed by atoms with Crippen molar-refractivity contribution in [3.63, 3.8) is 0 Å². The summed E-state index contributed by atoms with van der Waals surface area (Å²) in [5.74, 6) is 0.638. The summed E-state index contributed by atoms with van der Waals surface area (Å²) in [5, 5.41) is 3.36. The van der Waals surface area contributed by atoms with Crippen LogP contribution in [-0.2, 0) is 11.2 Å². The zero-order valence-electron chi connectivity index (χ0n) is 9.15. The summed E-state index contributed by atoms with van der Waals surface area (Å²) in [6, 6.07) is 4.18. The number of methoxy groups -OCH3 is 1. The van der Waals surface area contributed by atoms with Gasteiger partial charge in [-0.15, -0.1) is 0 Å². The van der Waals surface area contributed by atoms with Gasteiger partial charge in [-0.3, -0.25) is 4.98 Å². The number of hydrogen-bond acceptors (Lipinski definition) is 3. The van der Waals surface area contributed by atoms with E-state index < -0.39 is 0 Å². The van der Waals surface area contributed by atoms with E-state index in [9.17, 15) is 0 Å². The summed E-state index contributed by atoms with van der Waals surface area (Å²) >= 11 is 0. The van der Waals surface area contributed by atoms with Crippen LogP contribution in [0.2, 0.25) is 0 Å². The van der Waals surface area contributed by atoms with Crippen LogP contribution >= 0.6 is 0 Å². The van der Waals surface area contributed by atoms with Gasteiger partial charge in [-0.2, -0.15) is 0 Å². The van der Waals surface area contributed by atoms with Gasteiger partial charge in [0.1, 0.15) is 0 Å². The van der Waals surface area contributed by atoms with Crippen LogP contribution in [0, 0.1) is 5.92 Å². The van der Waals surface area contributed by atoms with E-state index >= 15 is 0 Å². The van der Waals surface area contributed by atoms with Gasteiger partial charge >= 0.3 is 0 Å². The number of pyridine rings is 1. The Labute approximate surface area is 90.9 Å². The first-order chi connectivity index (χ1) is 7.40. The number of nitrogens with one attached hydrogen (secondary N) is 1. The molecule has 1 fully saturated rings. The Bertz CT molecular complexity index is 289. The van der Waals surface area contributed by atoms with E-state index in [-0.39, 0.29) is 0 Å². The number of nitrogens with zero attached hydrogens (tertiary/aromatic N) is 1. The van der Waals surface area contributed by atoms with Crippen LogP contribution in [0.3, 0.4) is 0 Å². The minimum Gasteiger partial charge on any atom is -0.380 e. The Kier molecular flexibility index (Phi) is 3.69. The maximum Gasteiger partial charge on any atom is 0.0727 e. The molecule has 2 heterocycles. The Morgan fingerprint density at radius 1 is 1.47 bits per heavy atom. The third kappa shape index (κ3) is 2.76. The summed E-state index contributed by atoms with van der Waals surface area (Å²) in [6.45, 7) is 2.09. The van der Waals surface area contributed by atoms with Crippen molar-refractivity contribution >= 4 is 0 Å². The molecule has 0 aliphatic carbocycles. The molecule has 0 amide bonds. The Morgan fingerprint density at radius 3 is 3.00 bits per heavy atom. The van der Waals surface area contributed by atoms with Gasteiger partial charge in [0.15, 0.2) is 0 Å². The van der Waals surface area contributed by atoms with Crippen molar-refractivity contribution < 1.29 is 4.74 Å². The molecule has 1 aromatic rings. The molecule has 82 valence electrons. The molecule has 0 spiro atoms. The van der Waals surface area contributed by atoms with E-state index in [1.807, 2.05) is 12.4 Å². The summed E-state index contributed by atoms with van der Waals surface area (Å²) in [7, 11) is 1.80. The molecule has 0 saturated carbocycles. The van der Waals surface area contributed by atoms with Crippen LogP contribution in [0.15, 0.2) is 24.5 Å². The lowest BCUT2D eigenvalue weighted by atomic mass is 9.89. The molecular weight excluding hydrogens is 188 g/mol. The third-order valence-electron chi connectivity index (χ3n) is 3.11. The van der Waals surface area contributed by atoms with Crippen LogP contribution in [0.5, 0.6) is 0 Å². The molecule has 1 aliphatic rings. The van der Waals surface area contributed by atoms with E-state index in [2.05, 4.69) is 22.4 Å². The maximum atomic E-state index is 5.50. The summed E-state index contributed by atoms with van der Waals surface area (Å²) in [6.07, 6.45) is 6.37. The van der Waals surface area contributed by atoms with E-state index in [1.54, 1.807) is 7.11 Å². The molecule has 1 N–H and O–H groups in total. The average Bonchev–Trinajstić information content (AvgIpc) is 2.31. The minimum atomic E-state index is 0.354. The fraction of sp³-hybridized carbons (Fsp3) is 0.583. The molecule has 0 bridgehead atoms. The van der Waals surface area contributed by atoms with E-state index in [1.165, 1.54) is 12.0 Å². The highest BCUT2D eigenvalue weighted by Crippen LogP contribution is 2.20. The fourth-order valence-corrected chi connectivity index (χ4v) is 2.22. The molecule has 0 unspecified atom stereocenters. The lowest BCUT2D eigenvalue weighted by Gasteiger charge is -2.31. The van der Waals surface area contributed by atoms with Gasteiger partial charge in [0.2, 0.25) is 0 Å². The minimum absolute atomic E-state index is 0.354. The van der Waals surface area contributed by atoms with Crippen molar-refractivity contribution in [3.8, 4) is 0 Å². The molecular formula is C12H18N2O. The lowest BCUT2D eigenvalue weighted by Crippen LogP contribution is -2.42. The van der Waals surface area contributed by atoms with Crippen molar-refractivity contribution in [1.82, 2.24) is 10.3 Å². The number of ether oxygens (including phenoxy) is 1. The van der Waals surface area contributed by atoms with Gasteiger partial charge in [0.25, 0.3) is 0 Å². The lowest BCUT2D eigenvalue weighted by molar-refractivity contribution is 0.0341. The Morgan fingerprint density at radius 2 is 2.27 bits per heavy atom. The van der Waals surface area contributed by atoms with Gasteiger partial charge in [-0.25, -0.2) is 0 Å². The van der Waals surface area contributed by atoms with Crippen LogP contribution in [0.4, 0.5) is 0 Å². The second-order valence-corrected chi connectivity index (χ2v) is 4.09. The second kappa shape index (κ2) is 5.24. The highest BCUT2D eigenvalue weighted by atomic mass is 16.5. The Balaban J connectivity index is 1.97. The first kappa shape index (κ1) is 10.6. The van der Waals surface area contributed by atoms with Crippen molar-refractivity contribution in [2.75, 3.05) is 20.2 Å². The largest absolute Gasteiger partial charge is 0.380 e. The standard InChI is InChI=1S/C12H18N2O/c1-15-12-9-14-7-4-11(12)8-10-2-5-13-6-3-10/h2-3,5-6,11-12,14H,4,7-9H2,1H3/t11-,12+/m0/s1. The van der Waals surface area contributed by atoms with Gasteiger partial charge < -0.3 is 10.1 Å². The average molecular weight is 206 g/mol. The topological polar surface area (TPSA) is 34.1 Å². The normalized spacial score (nSPS) is 26.5. The molecule has 1 saturated heterocycles. The molecule has 2 atom stereocenters. The number of aromatic nitrogens is 1. The molecule has 0 radical (unpaired) electrons. The highest BCUT2D eigenvalue weighted by Gasteiger charge is 2.24. The fourth-order valence-electron chi connectivity index (χ4n) is 2.22. The number of hydrogen-bond donors (Lipinski definition) is 1. The summed E-state index contributed by atoms with van der Waals surface area (Å²) in [5.41, 5.74) is 1.36. The number of piperidine rings is 1. The van der Waals surface area contributed by atoms with Gasteiger partial charge in [-0.1, -0.05) is 0 Å². The molecule has 1 aromatic heterocycles. The molecule has 3 heteroatoms. The first-order valence-corrected chi connectivity index (χ1v) is 5.52. The zero-order valence-corrected chi connectivity index (χ0v) is 9.15. The SMILES string of the molecule is CO[C@@H]1CNCC[C@H]1Cc1ccncc1. The molecule has 0 aromatic carbocycles. The predicted molar refractivity (Wildman–Crippen MR) is 59.7 cm³/mol. The van der Waals surface area contributed by atoms with Gasteiger partial charge in [0, 0.05) is 26.0 Å². The third-order valence-corrected chi connectivity index (χ3v) is 3.11. The summed E-state index contributed by atoms with van der Waals surface area (Å²) < 4.78 is 5.50. The van der Waals surface area contributed by atoms with Crippen molar-refractivity contribution in [2.24, 2.45) is 5.92 Å². The highest BCUT2D eigenvalue weighted by molar-refractivity contribution is 5.11. The van der Waals surface area contributed by atoms with Crippen LogP contribution < -0.4 is 5.32 Å². The van der Waals surface area contributed by atoms with Crippen LogP contribution in [0.1, 0.15) is 12.0 Å². The zero-order chi connectivity index (χ0) is 10.5. The van der Waals surface area contributed by atoms with E-state index in [0.29, 0.717) is 12.0 Å². The second-order valence-electron chi connectivity index (χ2n) is 4.09. The Hall–Kier alpha value is -0.930. The maximum absolute atomic E-state index is 5.50. The van der Waals surface area contributed by atoms with Crippen LogP contribution in [0.25, 0.3) is 0 Å². The molecule has 15 heavy (non-hydrogen) atoms. The smallest absolute Gasteiger partial charge is 0.0727 e. The molecule has 1 aliphatic heterocycles. The summed E-state index contributed by atoms with van der Waals surface area (Å²) in [4.78, 5) is 4.03. The van der Waals surface area contributed by atoms with Crippen molar-refractivity contribution in [3.05, 3.63) is 30.1 Å². The predicted octanol–water partition coefficient (Wildman–Crippen LogP) is 1.25. The van der Waals surface area contributed by atoms with Crippen molar-refractivity contribution in [2.45, 2.75) is 18.9 Å². The van der Waals surface area contributed by atoms with Gasteiger partial charge in [-0.05, 0) is 43.0 Å². The number of rotatable bonds is 3. The van der Waals surface area contributed by atoms with Gasteiger partial charge in [0.05, 0.1) is 6.10 Å². The van der Waals surface area contributed by atoms with E-state index in [4.69, 9.17) is 4.74 Å². The first-order valence-electron chi connectivity index (χ1n) is 5.52. The monoisotopic (exact) mass is 206 g/mol. The van der Waals surface area contributed by atoms with E-state index in [0.717, 1.165) is 19.5 Å².